The molecule has 0 aromatic heterocycles. The first kappa shape index (κ1) is 23.0. The molecule has 2 aromatic carbocycles. The maximum atomic E-state index is 13.1. The van der Waals surface area contributed by atoms with E-state index in [1.165, 1.54) is 18.1 Å². The second-order valence-electron chi connectivity index (χ2n) is 7.05. The van der Waals surface area contributed by atoms with Crippen LogP contribution in [0, 0.1) is 0 Å². The van der Waals surface area contributed by atoms with Gasteiger partial charge in [0.1, 0.15) is 6.04 Å². The number of ether oxygens (including phenoxy) is 2. The van der Waals surface area contributed by atoms with Gasteiger partial charge in [-0.1, -0.05) is 24.3 Å². The van der Waals surface area contributed by atoms with Gasteiger partial charge in [0.2, 0.25) is 5.91 Å². The summed E-state index contributed by atoms with van der Waals surface area (Å²) < 4.78 is 10.0. The van der Waals surface area contributed by atoms with E-state index in [1.807, 2.05) is 0 Å². The van der Waals surface area contributed by atoms with Gasteiger partial charge in [0.05, 0.1) is 30.9 Å². The zero-order chi connectivity index (χ0) is 23.1. The average Bonchev–Trinajstić information content (AvgIpc) is 3.02. The molecule has 9 heteroatoms. The number of hydrogen-bond donors (Lipinski definition) is 1. The van der Waals surface area contributed by atoms with Gasteiger partial charge in [-0.25, -0.2) is 14.5 Å². The summed E-state index contributed by atoms with van der Waals surface area (Å²) in [5, 5.41) is 2.69. The van der Waals surface area contributed by atoms with Crippen LogP contribution < -0.4 is 10.2 Å². The van der Waals surface area contributed by atoms with Gasteiger partial charge in [0.25, 0.3) is 5.91 Å². The Labute approximate surface area is 185 Å². The minimum atomic E-state index is -0.967. The lowest BCUT2D eigenvalue weighted by molar-refractivity contribution is -0.124. The summed E-state index contributed by atoms with van der Waals surface area (Å²) in [7, 11) is 1.50. The van der Waals surface area contributed by atoms with Crippen LogP contribution in [0.3, 0.4) is 0 Å². The van der Waals surface area contributed by atoms with Crippen molar-refractivity contribution in [2.75, 3.05) is 37.1 Å². The van der Waals surface area contributed by atoms with Crippen LogP contribution >= 0.6 is 0 Å². The van der Waals surface area contributed by atoms with Gasteiger partial charge < -0.3 is 19.7 Å². The Morgan fingerprint density at radius 1 is 1.06 bits per heavy atom. The number of urea groups is 1. The summed E-state index contributed by atoms with van der Waals surface area (Å²) in [6.45, 7) is 2.34. The number of para-hydroxylation sites is 1. The van der Waals surface area contributed by atoms with E-state index in [-0.39, 0.29) is 26.2 Å². The molecule has 1 fully saturated rings. The lowest BCUT2D eigenvalue weighted by Gasteiger charge is -2.21. The second kappa shape index (κ2) is 10.5. The highest BCUT2D eigenvalue weighted by atomic mass is 16.5. The topological polar surface area (TPSA) is 105 Å². The number of nitrogens with zero attached hydrogens (tertiary/aromatic N) is 2. The normalized spacial score (nSPS) is 15.8. The predicted octanol–water partition coefficient (Wildman–Crippen LogP) is 2.68. The number of esters is 1. The molecule has 1 aliphatic heterocycles. The van der Waals surface area contributed by atoms with E-state index in [4.69, 9.17) is 9.47 Å². The molecule has 1 heterocycles. The van der Waals surface area contributed by atoms with Crippen LogP contribution in [0.5, 0.6) is 0 Å². The fourth-order valence-corrected chi connectivity index (χ4v) is 3.42. The van der Waals surface area contributed by atoms with Gasteiger partial charge >= 0.3 is 12.0 Å². The van der Waals surface area contributed by atoms with Crippen LogP contribution in [0.25, 0.3) is 0 Å². The molecule has 0 saturated carbocycles. The number of imide groups is 1. The maximum Gasteiger partial charge on any atom is 0.338 e. The number of carbonyl (C=O) groups excluding carboxylic acids is 4. The minimum absolute atomic E-state index is 0.167. The second-order valence-corrected chi connectivity index (χ2v) is 7.05. The minimum Gasteiger partial charge on any atom is -0.462 e. The molecule has 32 heavy (non-hydrogen) atoms. The summed E-state index contributed by atoms with van der Waals surface area (Å²) >= 11 is 0. The SMILES string of the molecule is CCOC(=O)c1cccc(NC(=O)CC2C(=O)N(c3ccccc3)C(=O)N2CCOC)c1. The molecule has 1 aliphatic rings. The maximum absolute atomic E-state index is 13.1. The van der Waals surface area contributed by atoms with Crippen LogP contribution in [0.4, 0.5) is 16.2 Å². The molecule has 2 aromatic rings. The third-order valence-electron chi connectivity index (χ3n) is 4.91. The van der Waals surface area contributed by atoms with E-state index >= 15 is 0 Å². The summed E-state index contributed by atoms with van der Waals surface area (Å²) in [6, 6.07) is 13.4. The molecule has 0 spiro atoms. The van der Waals surface area contributed by atoms with Crippen LogP contribution in [0.15, 0.2) is 54.6 Å². The summed E-state index contributed by atoms with van der Waals surface area (Å²) in [5.74, 6) is -1.44. The van der Waals surface area contributed by atoms with Crippen LogP contribution in [-0.4, -0.2) is 61.6 Å². The first-order chi connectivity index (χ1) is 15.5. The van der Waals surface area contributed by atoms with Gasteiger partial charge in [-0.3, -0.25) is 9.59 Å². The first-order valence-electron chi connectivity index (χ1n) is 10.2. The molecular formula is C23H25N3O6. The number of anilines is 2. The number of carbonyl (C=O) groups is 4. The predicted molar refractivity (Wildman–Crippen MR) is 117 cm³/mol. The number of amides is 4. The van der Waals surface area contributed by atoms with Crippen LogP contribution in [0.2, 0.25) is 0 Å². The number of hydrogen-bond acceptors (Lipinski definition) is 6. The largest absolute Gasteiger partial charge is 0.462 e. The van der Waals surface area contributed by atoms with E-state index < -0.39 is 29.9 Å². The van der Waals surface area contributed by atoms with E-state index in [1.54, 1.807) is 55.5 Å². The van der Waals surface area contributed by atoms with Crippen molar-refractivity contribution in [3.05, 3.63) is 60.2 Å². The Bertz CT molecular complexity index is 994. The van der Waals surface area contributed by atoms with Crippen molar-refractivity contribution in [1.82, 2.24) is 4.90 Å². The molecule has 1 atom stereocenters. The van der Waals surface area contributed by atoms with Gasteiger partial charge in [0, 0.05) is 19.3 Å². The Morgan fingerprint density at radius 2 is 1.81 bits per heavy atom. The van der Waals surface area contributed by atoms with Gasteiger partial charge in [-0.15, -0.1) is 0 Å². The molecule has 3 rings (SSSR count). The van der Waals surface area contributed by atoms with Gasteiger partial charge in [0.15, 0.2) is 0 Å². The van der Waals surface area contributed by atoms with Crippen molar-refractivity contribution in [2.45, 2.75) is 19.4 Å². The highest BCUT2D eigenvalue weighted by Gasteiger charge is 2.46. The van der Waals surface area contributed by atoms with Crippen molar-refractivity contribution < 1.29 is 28.7 Å². The molecule has 9 nitrogen and oxygen atoms in total. The van der Waals surface area contributed by atoms with E-state index in [0.29, 0.717) is 16.9 Å². The molecule has 1 unspecified atom stereocenters. The summed E-state index contributed by atoms with van der Waals surface area (Å²) in [5.41, 5.74) is 1.13. The number of benzene rings is 2. The van der Waals surface area contributed by atoms with E-state index in [2.05, 4.69) is 5.32 Å². The third-order valence-corrected chi connectivity index (χ3v) is 4.91. The zero-order valence-electron chi connectivity index (χ0n) is 17.9. The van der Waals surface area contributed by atoms with E-state index in [9.17, 15) is 19.2 Å². The van der Waals surface area contributed by atoms with Gasteiger partial charge in [-0.2, -0.15) is 0 Å². The quantitative estimate of drug-likeness (QED) is 0.476. The van der Waals surface area contributed by atoms with Crippen LogP contribution in [0.1, 0.15) is 23.7 Å². The molecular weight excluding hydrogens is 414 g/mol. The number of nitrogens with one attached hydrogen (secondary N) is 1. The first-order valence-corrected chi connectivity index (χ1v) is 10.2. The Hall–Kier alpha value is -3.72. The monoisotopic (exact) mass is 439 g/mol. The molecule has 0 aliphatic carbocycles. The Kier molecular flexibility index (Phi) is 7.56. The van der Waals surface area contributed by atoms with Crippen molar-refractivity contribution in [3.8, 4) is 0 Å². The molecule has 0 radical (unpaired) electrons. The van der Waals surface area contributed by atoms with Crippen molar-refractivity contribution >= 4 is 35.2 Å². The molecule has 4 amide bonds. The molecule has 168 valence electrons. The fraction of sp³-hybridized carbons (Fsp3) is 0.304. The molecule has 1 N–H and O–H groups in total. The molecule has 0 bridgehead atoms. The highest BCUT2D eigenvalue weighted by molar-refractivity contribution is 6.22. The lowest BCUT2D eigenvalue weighted by Crippen LogP contribution is -2.39. The molecule has 1 saturated heterocycles. The van der Waals surface area contributed by atoms with Crippen molar-refractivity contribution in [2.24, 2.45) is 0 Å². The Balaban J connectivity index is 1.76. The highest BCUT2D eigenvalue weighted by Crippen LogP contribution is 2.27. The summed E-state index contributed by atoms with van der Waals surface area (Å²) in [4.78, 5) is 53.1. The Morgan fingerprint density at radius 3 is 2.50 bits per heavy atom. The zero-order valence-corrected chi connectivity index (χ0v) is 17.9. The standard InChI is InChI=1S/C23H25N3O6/c1-3-32-22(29)16-8-7-9-17(14-16)24-20(27)15-19-21(28)26(18-10-5-4-6-11-18)23(30)25(19)12-13-31-2/h4-11,14,19H,3,12-13,15H2,1-2H3,(H,24,27). The van der Waals surface area contributed by atoms with Crippen molar-refractivity contribution in [3.63, 3.8) is 0 Å². The number of rotatable bonds is 9. The summed E-state index contributed by atoms with van der Waals surface area (Å²) in [6.07, 6.45) is -0.235. The smallest absolute Gasteiger partial charge is 0.338 e. The van der Waals surface area contributed by atoms with Crippen molar-refractivity contribution in [1.29, 1.82) is 0 Å². The van der Waals surface area contributed by atoms with Crippen LogP contribution in [-0.2, 0) is 19.1 Å². The van der Waals surface area contributed by atoms with Gasteiger partial charge in [-0.05, 0) is 37.3 Å². The fourth-order valence-electron chi connectivity index (χ4n) is 3.42. The third kappa shape index (κ3) is 5.12. The lowest BCUT2D eigenvalue weighted by atomic mass is 10.1. The van der Waals surface area contributed by atoms with E-state index in [0.717, 1.165) is 4.90 Å². The number of methoxy groups -OCH3 is 1. The average molecular weight is 439 g/mol.